The van der Waals surface area contributed by atoms with E-state index in [4.69, 9.17) is 0 Å². The standard InChI is InChI=1S/C20H20N4O2/c1-21-19(25)13-15-5-9-18(10-6-15)23-20(26)17-7-3-16(4-8-17)14-24-12-2-11-22-24/h2-12H,13-14H2,1H3,(H,21,25)(H,23,26). The Morgan fingerprint density at radius 1 is 1.00 bits per heavy atom. The first-order valence-corrected chi connectivity index (χ1v) is 8.31. The molecule has 2 amide bonds. The van der Waals surface area contributed by atoms with Gasteiger partial charge >= 0.3 is 0 Å². The molecule has 1 heterocycles. The maximum Gasteiger partial charge on any atom is 0.255 e. The van der Waals surface area contributed by atoms with Crippen molar-refractivity contribution in [1.29, 1.82) is 0 Å². The highest BCUT2D eigenvalue weighted by Gasteiger charge is 2.07. The topological polar surface area (TPSA) is 76.0 Å². The van der Waals surface area contributed by atoms with Crippen molar-refractivity contribution in [3.8, 4) is 0 Å². The second kappa shape index (κ2) is 8.11. The molecule has 26 heavy (non-hydrogen) atoms. The third kappa shape index (κ3) is 4.57. The van der Waals surface area contributed by atoms with Crippen LogP contribution in [0.1, 0.15) is 21.5 Å². The van der Waals surface area contributed by atoms with E-state index in [-0.39, 0.29) is 11.8 Å². The van der Waals surface area contributed by atoms with Gasteiger partial charge in [-0.05, 0) is 41.5 Å². The van der Waals surface area contributed by atoms with Crippen LogP contribution in [0, 0.1) is 0 Å². The van der Waals surface area contributed by atoms with Gasteiger partial charge in [-0.3, -0.25) is 14.3 Å². The smallest absolute Gasteiger partial charge is 0.255 e. The van der Waals surface area contributed by atoms with E-state index >= 15 is 0 Å². The van der Waals surface area contributed by atoms with Gasteiger partial charge in [0.1, 0.15) is 0 Å². The predicted octanol–water partition coefficient (Wildman–Crippen LogP) is 2.47. The molecule has 132 valence electrons. The van der Waals surface area contributed by atoms with E-state index in [1.807, 2.05) is 41.2 Å². The fraction of sp³-hybridized carbons (Fsp3) is 0.150. The van der Waals surface area contributed by atoms with Crippen LogP contribution in [0.5, 0.6) is 0 Å². The summed E-state index contributed by atoms with van der Waals surface area (Å²) in [6, 6.07) is 16.6. The molecule has 3 rings (SSSR count). The van der Waals surface area contributed by atoms with Crippen molar-refractivity contribution in [2.24, 2.45) is 0 Å². The molecule has 0 aliphatic carbocycles. The number of carbonyl (C=O) groups is 2. The van der Waals surface area contributed by atoms with Crippen LogP contribution in [0.2, 0.25) is 0 Å². The molecule has 0 aliphatic rings. The van der Waals surface area contributed by atoms with E-state index in [9.17, 15) is 9.59 Å². The number of rotatable bonds is 6. The Bertz CT molecular complexity index is 869. The Hall–Kier alpha value is -3.41. The number of carbonyl (C=O) groups excluding carboxylic acids is 2. The van der Waals surface area contributed by atoms with E-state index in [0.717, 1.165) is 11.1 Å². The SMILES string of the molecule is CNC(=O)Cc1ccc(NC(=O)c2ccc(Cn3cccn3)cc2)cc1. The number of benzene rings is 2. The Morgan fingerprint density at radius 2 is 1.69 bits per heavy atom. The summed E-state index contributed by atoms with van der Waals surface area (Å²) in [6.45, 7) is 0.668. The summed E-state index contributed by atoms with van der Waals surface area (Å²) in [5.74, 6) is -0.216. The van der Waals surface area contributed by atoms with Crippen LogP contribution in [-0.2, 0) is 17.8 Å². The first-order chi connectivity index (χ1) is 12.6. The molecule has 6 heteroatoms. The van der Waals surface area contributed by atoms with Crippen LogP contribution >= 0.6 is 0 Å². The molecule has 0 radical (unpaired) electrons. The molecule has 2 aromatic carbocycles. The number of nitrogens with zero attached hydrogens (tertiary/aromatic N) is 2. The molecule has 0 bridgehead atoms. The molecule has 1 aromatic heterocycles. The summed E-state index contributed by atoms with van der Waals surface area (Å²) in [6.07, 6.45) is 3.96. The van der Waals surface area contributed by atoms with Gasteiger partial charge in [0.05, 0.1) is 13.0 Å². The van der Waals surface area contributed by atoms with Crippen molar-refractivity contribution in [3.05, 3.63) is 83.7 Å². The molecule has 0 spiro atoms. The van der Waals surface area contributed by atoms with Gasteiger partial charge in [-0.25, -0.2) is 0 Å². The minimum absolute atomic E-state index is 0.0445. The molecular formula is C20H20N4O2. The number of hydrogen-bond donors (Lipinski definition) is 2. The number of anilines is 1. The number of hydrogen-bond acceptors (Lipinski definition) is 3. The van der Waals surface area contributed by atoms with Crippen molar-refractivity contribution >= 4 is 17.5 Å². The molecule has 0 fully saturated rings. The van der Waals surface area contributed by atoms with E-state index in [2.05, 4.69) is 15.7 Å². The third-order valence-corrected chi connectivity index (χ3v) is 3.98. The van der Waals surface area contributed by atoms with Crippen molar-refractivity contribution < 1.29 is 9.59 Å². The number of amides is 2. The summed E-state index contributed by atoms with van der Waals surface area (Å²) in [5.41, 5.74) is 3.24. The largest absolute Gasteiger partial charge is 0.359 e. The lowest BCUT2D eigenvalue weighted by Crippen LogP contribution is -2.19. The van der Waals surface area contributed by atoms with Gasteiger partial charge in [0.2, 0.25) is 5.91 Å². The van der Waals surface area contributed by atoms with Gasteiger partial charge in [-0.2, -0.15) is 5.10 Å². The van der Waals surface area contributed by atoms with Gasteiger partial charge in [-0.15, -0.1) is 0 Å². The normalized spacial score (nSPS) is 10.3. The monoisotopic (exact) mass is 348 g/mol. The molecule has 3 aromatic rings. The quantitative estimate of drug-likeness (QED) is 0.718. The molecule has 2 N–H and O–H groups in total. The molecule has 6 nitrogen and oxygen atoms in total. The molecule has 0 unspecified atom stereocenters. The number of aromatic nitrogens is 2. The van der Waals surface area contributed by atoms with Gasteiger partial charge in [0.15, 0.2) is 0 Å². The minimum atomic E-state index is -0.172. The first kappa shape index (κ1) is 17.4. The molecular weight excluding hydrogens is 328 g/mol. The van der Waals surface area contributed by atoms with Crippen LogP contribution < -0.4 is 10.6 Å². The van der Waals surface area contributed by atoms with Crippen molar-refractivity contribution in [2.75, 3.05) is 12.4 Å². The molecule has 0 saturated carbocycles. The highest BCUT2D eigenvalue weighted by molar-refractivity contribution is 6.04. The molecule has 0 atom stereocenters. The Labute approximate surface area is 151 Å². The maximum atomic E-state index is 12.4. The van der Waals surface area contributed by atoms with Gasteiger partial charge < -0.3 is 10.6 Å². The van der Waals surface area contributed by atoms with Crippen LogP contribution in [0.4, 0.5) is 5.69 Å². The average molecular weight is 348 g/mol. The zero-order valence-corrected chi connectivity index (χ0v) is 14.5. The highest BCUT2D eigenvalue weighted by atomic mass is 16.2. The van der Waals surface area contributed by atoms with Gasteiger partial charge in [0.25, 0.3) is 5.91 Å². The molecule has 0 saturated heterocycles. The van der Waals surface area contributed by atoms with Crippen LogP contribution in [0.3, 0.4) is 0 Å². The number of nitrogens with one attached hydrogen (secondary N) is 2. The lowest BCUT2D eigenvalue weighted by atomic mass is 10.1. The maximum absolute atomic E-state index is 12.4. The van der Waals surface area contributed by atoms with Crippen molar-refractivity contribution in [2.45, 2.75) is 13.0 Å². The summed E-state index contributed by atoms with van der Waals surface area (Å²) < 4.78 is 1.83. The van der Waals surface area contributed by atoms with E-state index in [1.54, 1.807) is 37.5 Å². The van der Waals surface area contributed by atoms with Crippen LogP contribution in [-0.4, -0.2) is 28.6 Å². The number of likely N-dealkylation sites (N-methyl/N-ethyl adjacent to an activating group) is 1. The van der Waals surface area contributed by atoms with E-state index < -0.39 is 0 Å². The Balaban J connectivity index is 1.59. The average Bonchev–Trinajstić information content (AvgIpc) is 3.17. The van der Waals surface area contributed by atoms with E-state index in [1.165, 1.54) is 0 Å². The third-order valence-electron chi connectivity index (χ3n) is 3.98. The van der Waals surface area contributed by atoms with Crippen molar-refractivity contribution in [1.82, 2.24) is 15.1 Å². The Kier molecular flexibility index (Phi) is 5.43. The molecule has 0 aliphatic heterocycles. The lowest BCUT2D eigenvalue weighted by Gasteiger charge is -2.08. The zero-order chi connectivity index (χ0) is 18.4. The fourth-order valence-corrected chi connectivity index (χ4v) is 2.53. The first-order valence-electron chi connectivity index (χ1n) is 8.31. The summed E-state index contributed by atoms with van der Waals surface area (Å²) >= 11 is 0. The second-order valence-electron chi connectivity index (χ2n) is 5.90. The van der Waals surface area contributed by atoms with Gasteiger partial charge in [-0.1, -0.05) is 24.3 Å². The van der Waals surface area contributed by atoms with E-state index in [0.29, 0.717) is 24.2 Å². The van der Waals surface area contributed by atoms with Gasteiger partial charge in [0, 0.05) is 30.7 Å². The Morgan fingerprint density at radius 3 is 2.31 bits per heavy atom. The summed E-state index contributed by atoms with van der Waals surface area (Å²) in [7, 11) is 1.61. The fourth-order valence-electron chi connectivity index (χ4n) is 2.53. The van der Waals surface area contributed by atoms with Crippen molar-refractivity contribution in [3.63, 3.8) is 0 Å². The lowest BCUT2D eigenvalue weighted by molar-refractivity contribution is -0.119. The second-order valence-corrected chi connectivity index (χ2v) is 5.90. The minimum Gasteiger partial charge on any atom is -0.359 e. The highest BCUT2D eigenvalue weighted by Crippen LogP contribution is 2.13. The summed E-state index contributed by atoms with van der Waals surface area (Å²) in [5, 5.41) is 9.61. The predicted molar refractivity (Wildman–Crippen MR) is 99.9 cm³/mol. The van der Waals surface area contributed by atoms with Crippen LogP contribution in [0.15, 0.2) is 67.0 Å². The zero-order valence-electron chi connectivity index (χ0n) is 14.5. The summed E-state index contributed by atoms with van der Waals surface area (Å²) in [4.78, 5) is 23.7. The van der Waals surface area contributed by atoms with Crippen LogP contribution in [0.25, 0.3) is 0 Å².